The summed E-state index contributed by atoms with van der Waals surface area (Å²) in [5.74, 6) is 0.221. The monoisotopic (exact) mass is 278 g/mol. The van der Waals surface area contributed by atoms with Gasteiger partial charge in [-0.05, 0) is 57.2 Å². The molecular weight excluding hydrogens is 252 g/mol. The molecule has 4 heteroatoms. The van der Waals surface area contributed by atoms with Gasteiger partial charge in [0.15, 0.2) is 0 Å². The first kappa shape index (κ1) is 16.5. The molecule has 0 heterocycles. The van der Waals surface area contributed by atoms with Crippen LogP contribution in [0, 0.1) is 0 Å². The van der Waals surface area contributed by atoms with Gasteiger partial charge in [-0.25, -0.2) is 0 Å². The molecule has 4 nitrogen and oxygen atoms in total. The second kappa shape index (κ2) is 8.59. The summed E-state index contributed by atoms with van der Waals surface area (Å²) in [6.45, 7) is 10.9. The van der Waals surface area contributed by atoms with Crippen molar-refractivity contribution >= 4 is 5.91 Å². The molecule has 0 bridgehead atoms. The number of amides is 1. The second-order valence-corrected chi connectivity index (χ2v) is 4.81. The number of rotatable bonds is 8. The molecule has 0 aliphatic carbocycles. The molecule has 1 N–H and O–H groups in total. The summed E-state index contributed by atoms with van der Waals surface area (Å²) in [7, 11) is 0. The molecule has 1 rings (SSSR count). The van der Waals surface area contributed by atoms with E-state index in [-0.39, 0.29) is 11.7 Å². The van der Waals surface area contributed by atoms with E-state index in [1.807, 2.05) is 11.8 Å². The lowest BCUT2D eigenvalue weighted by Crippen LogP contribution is -2.34. The van der Waals surface area contributed by atoms with Gasteiger partial charge in [0.05, 0.1) is 0 Å². The van der Waals surface area contributed by atoms with Crippen LogP contribution >= 0.6 is 0 Å². The van der Waals surface area contributed by atoms with Crippen molar-refractivity contribution in [3.63, 3.8) is 0 Å². The molecule has 0 atom stereocenters. The summed E-state index contributed by atoms with van der Waals surface area (Å²) in [6.07, 6.45) is 0.985. The van der Waals surface area contributed by atoms with Crippen molar-refractivity contribution in [2.45, 2.75) is 27.2 Å². The Morgan fingerprint density at radius 1 is 1.00 bits per heavy atom. The molecule has 0 radical (unpaired) electrons. The van der Waals surface area contributed by atoms with Crippen LogP contribution in [0.15, 0.2) is 24.3 Å². The first-order chi connectivity index (χ1) is 9.62. The average Bonchev–Trinajstić information content (AvgIpc) is 2.48. The molecule has 0 spiro atoms. The molecule has 0 aliphatic heterocycles. The molecule has 20 heavy (non-hydrogen) atoms. The highest BCUT2D eigenvalue weighted by Gasteiger charge is 2.13. The number of phenolic OH excluding ortho intramolecular Hbond substituents is 1. The Bertz CT molecular complexity index is 399. The zero-order valence-corrected chi connectivity index (χ0v) is 12.8. The summed E-state index contributed by atoms with van der Waals surface area (Å²) in [5, 5.41) is 9.26. The third-order valence-electron chi connectivity index (χ3n) is 3.58. The van der Waals surface area contributed by atoms with E-state index in [0.29, 0.717) is 12.1 Å². The fourth-order valence-corrected chi connectivity index (χ4v) is 2.21. The fraction of sp³-hybridized carbons (Fsp3) is 0.562. The van der Waals surface area contributed by atoms with Crippen LogP contribution in [0.3, 0.4) is 0 Å². The predicted molar refractivity (Wildman–Crippen MR) is 82.1 cm³/mol. The van der Waals surface area contributed by atoms with Crippen LogP contribution < -0.4 is 0 Å². The normalized spacial score (nSPS) is 10.8. The lowest BCUT2D eigenvalue weighted by molar-refractivity contribution is 0.0757. The van der Waals surface area contributed by atoms with Crippen molar-refractivity contribution in [1.82, 2.24) is 9.80 Å². The fourth-order valence-electron chi connectivity index (χ4n) is 2.21. The number of phenols is 1. The predicted octanol–water partition coefficient (Wildman–Crippen LogP) is 2.59. The largest absolute Gasteiger partial charge is 0.508 e. The Labute approximate surface area is 122 Å². The molecule has 1 aromatic carbocycles. The Kier molecular flexibility index (Phi) is 7.09. The van der Waals surface area contributed by atoms with Gasteiger partial charge in [-0.2, -0.15) is 0 Å². The average molecular weight is 278 g/mol. The molecule has 0 fully saturated rings. The summed E-state index contributed by atoms with van der Waals surface area (Å²) < 4.78 is 0. The van der Waals surface area contributed by atoms with Crippen LogP contribution in [0.25, 0.3) is 0 Å². The van der Waals surface area contributed by atoms with Gasteiger partial charge in [0, 0.05) is 18.7 Å². The highest BCUT2D eigenvalue weighted by Crippen LogP contribution is 2.12. The van der Waals surface area contributed by atoms with Crippen LogP contribution in [-0.4, -0.2) is 53.5 Å². The van der Waals surface area contributed by atoms with Gasteiger partial charge in [0.25, 0.3) is 5.91 Å². The summed E-state index contributed by atoms with van der Waals surface area (Å²) in [4.78, 5) is 16.5. The smallest absolute Gasteiger partial charge is 0.253 e. The Balaban J connectivity index is 2.53. The number of aromatic hydroxyl groups is 1. The van der Waals surface area contributed by atoms with Crippen LogP contribution in [-0.2, 0) is 0 Å². The van der Waals surface area contributed by atoms with E-state index < -0.39 is 0 Å². The Morgan fingerprint density at radius 3 is 2.10 bits per heavy atom. The van der Waals surface area contributed by atoms with E-state index in [9.17, 15) is 9.90 Å². The van der Waals surface area contributed by atoms with Gasteiger partial charge < -0.3 is 14.9 Å². The molecular formula is C16H26N2O2. The van der Waals surface area contributed by atoms with Crippen molar-refractivity contribution in [3.05, 3.63) is 29.8 Å². The van der Waals surface area contributed by atoms with Crippen molar-refractivity contribution in [2.24, 2.45) is 0 Å². The highest BCUT2D eigenvalue weighted by molar-refractivity contribution is 5.94. The highest BCUT2D eigenvalue weighted by atomic mass is 16.3. The van der Waals surface area contributed by atoms with Crippen molar-refractivity contribution in [1.29, 1.82) is 0 Å². The molecule has 1 aromatic rings. The van der Waals surface area contributed by atoms with Crippen molar-refractivity contribution in [3.8, 4) is 5.75 Å². The minimum atomic E-state index is 0.0343. The van der Waals surface area contributed by atoms with Gasteiger partial charge >= 0.3 is 0 Å². The summed E-state index contributed by atoms with van der Waals surface area (Å²) in [6, 6.07) is 6.45. The third-order valence-corrected chi connectivity index (χ3v) is 3.58. The topological polar surface area (TPSA) is 43.8 Å². The van der Waals surface area contributed by atoms with E-state index in [1.165, 1.54) is 0 Å². The first-order valence-electron chi connectivity index (χ1n) is 7.43. The zero-order chi connectivity index (χ0) is 15.0. The minimum absolute atomic E-state index is 0.0343. The van der Waals surface area contributed by atoms with Crippen molar-refractivity contribution in [2.75, 3.05) is 32.7 Å². The van der Waals surface area contributed by atoms with Crippen LogP contribution in [0.2, 0.25) is 0 Å². The molecule has 0 saturated heterocycles. The number of carbonyl (C=O) groups is 1. The SMILES string of the molecule is CCN(CC)CCCN(CC)C(=O)c1ccc(O)cc1. The number of hydrogen-bond donors (Lipinski definition) is 1. The minimum Gasteiger partial charge on any atom is -0.508 e. The molecule has 112 valence electrons. The van der Waals surface area contributed by atoms with Crippen LogP contribution in [0.1, 0.15) is 37.6 Å². The quantitative estimate of drug-likeness (QED) is 0.795. The van der Waals surface area contributed by atoms with Crippen LogP contribution in [0.4, 0.5) is 0 Å². The third kappa shape index (κ3) is 4.85. The van der Waals surface area contributed by atoms with Gasteiger partial charge in [0.1, 0.15) is 5.75 Å². The maximum absolute atomic E-state index is 12.3. The summed E-state index contributed by atoms with van der Waals surface area (Å²) >= 11 is 0. The lowest BCUT2D eigenvalue weighted by Gasteiger charge is -2.23. The van der Waals surface area contributed by atoms with E-state index in [4.69, 9.17) is 0 Å². The Hall–Kier alpha value is -1.55. The maximum atomic E-state index is 12.3. The molecule has 0 saturated carbocycles. The van der Waals surface area contributed by atoms with E-state index in [0.717, 1.165) is 32.6 Å². The van der Waals surface area contributed by atoms with Crippen LogP contribution in [0.5, 0.6) is 5.75 Å². The van der Waals surface area contributed by atoms with Crippen molar-refractivity contribution < 1.29 is 9.90 Å². The molecule has 0 aromatic heterocycles. The van der Waals surface area contributed by atoms with E-state index in [1.54, 1.807) is 24.3 Å². The van der Waals surface area contributed by atoms with Gasteiger partial charge in [-0.15, -0.1) is 0 Å². The van der Waals surface area contributed by atoms with Gasteiger partial charge in [0.2, 0.25) is 0 Å². The molecule has 1 amide bonds. The van der Waals surface area contributed by atoms with E-state index in [2.05, 4.69) is 18.7 Å². The van der Waals surface area contributed by atoms with Gasteiger partial charge in [-0.1, -0.05) is 13.8 Å². The maximum Gasteiger partial charge on any atom is 0.253 e. The molecule has 0 unspecified atom stereocenters. The standard InChI is InChI=1S/C16H26N2O2/c1-4-17(5-2)12-7-13-18(6-3)16(20)14-8-10-15(19)11-9-14/h8-11,19H,4-7,12-13H2,1-3H3. The Morgan fingerprint density at radius 2 is 1.60 bits per heavy atom. The first-order valence-corrected chi connectivity index (χ1v) is 7.43. The number of hydrogen-bond acceptors (Lipinski definition) is 3. The lowest BCUT2D eigenvalue weighted by atomic mass is 10.2. The number of carbonyl (C=O) groups excluding carboxylic acids is 1. The zero-order valence-electron chi connectivity index (χ0n) is 12.8. The summed E-state index contributed by atoms with van der Waals surface area (Å²) in [5.41, 5.74) is 0.632. The van der Waals surface area contributed by atoms with E-state index >= 15 is 0 Å². The number of benzene rings is 1. The second-order valence-electron chi connectivity index (χ2n) is 4.81. The molecule has 0 aliphatic rings. The van der Waals surface area contributed by atoms with Gasteiger partial charge in [-0.3, -0.25) is 4.79 Å². The number of nitrogens with zero attached hydrogens (tertiary/aromatic N) is 2.